The van der Waals surface area contributed by atoms with Gasteiger partial charge in [0.15, 0.2) is 5.16 Å². The highest BCUT2D eigenvalue weighted by Crippen LogP contribution is 2.15. The van der Waals surface area contributed by atoms with E-state index in [2.05, 4.69) is 20.9 Å². The Hall–Kier alpha value is -0.780. The first-order valence-corrected chi connectivity index (χ1v) is 8.55. The number of halogens is 2. The Labute approximate surface area is 136 Å². The van der Waals surface area contributed by atoms with Gasteiger partial charge in [-0.1, -0.05) is 49.3 Å². The smallest absolute Gasteiger partial charge is 0.268 e. The highest BCUT2D eigenvalue weighted by Gasteiger charge is 2.08. The zero-order valence-corrected chi connectivity index (χ0v) is 14.7. The number of benzene rings is 1. The van der Waals surface area contributed by atoms with Gasteiger partial charge in [-0.3, -0.25) is 9.36 Å². The standard InChI is InChI=1S/C12H10BrClN2OS.C2H6/c1-18-12-15-6-10(13)11(17)16(12)7-8-2-4-9(14)5-3-8;1-2/h2-6H,7H2,1H3;1-2H3. The third kappa shape index (κ3) is 4.36. The summed E-state index contributed by atoms with van der Waals surface area (Å²) in [6, 6.07) is 7.43. The van der Waals surface area contributed by atoms with Gasteiger partial charge in [0, 0.05) is 11.2 Å². The molecule has 0 atom stereocenters. The molecule has 1 aromatic heterocycles. The van der Waals surface area contributed by atoms with E-state index in [0.29, 0.717) is 21.2 Å². The van der Waals surface area contributed by atoms with Crippen LogP contribution in [-0.4, -0.2) is 15.8 Å². The molecule has 2 aromatic rings. The Morgan fingerprint density at radius 2 is 1.90 bits per heavy atom. The number of thioether (sulfide) groups is 1. The predicted octanol–water partition coefficient (Wildman–Crippen LogP) is 4.46. The summed E-state index contributed by atoms with van der Waals surface area (Å²) in [5.41, 5.74) is 0.931. The molecule has 0 spiro atoms. The lowest BCUT2D eigenvalue weighted by atomic mass is 10.2. The second-order valence-corrected chi connectivity index (χ2v) is 5.67. The van der Waals surface area contributed by atoms with Crippen molar-refractivity contribution < 1.29 is 0 Å². The van der Waals surface area contributed by atoms with Crippen LogP contribution in [0, 0.1) is 0 Å². The summed E-state index contributed by atoms with van der Waals surface area (Å²) in [5.74, 6) is 0. The number of hydrogen-bond donors (Lipinski definition) is 0. The van der Waals surface area contributed by atoms with Gasteiger partial charge in [0.25, 0.3) is 5.56 Å². The van der Waals surface area contributed by atoms with Crippen molar-refractivity contribution in [1.82, 2.24) is 9.55 Å². The van der Waals surface area contributed by atoms with Gasteiger partial charge in [0.05, 0.1) is 6.54 Å². The maximum Gasteiger partial charge on any atom is 0.268 e. The number of hydrogen-bond acceptors (Lipinski definition) is 3. The average molecular weight is 376 g/mol. The second-order valence-electron chi connectivity index (χ2n) is 3.61. The Balaban J connectivity index is 0.000000956. The summed E-state index contributed by atoms with van der Waals surface area (Å²) in [6.07, 6.45) is 3.43. The molecular weight excluding hydrogens is 360 g/mol. The van der Waals surface area contributed by atoms with Crippen molar-refractivity contribution in [1.29, 1.82) is 0 Å². The summed E-state index contributed by atoms with van der Waals surface area (Å²) in [5, 5.41) is 1.38. The third-order valence-corrected chi connectivity index (χ3v) is 3.89. The van der Waals surface area contributed by atoms with Crippen LogP contribution in [0.15, 0.2) is 44.9 Å². The molecule has 108 valence electrons. The summed E-state index contributed by atoms with van der Waals surface area (Å²) >= 11 is 10.5. The molecular formula is C14H16BrClN2OS. The second kappa shape index (κ2) is 8.49. The first kappa shape index (κ1) is 17.3. The molecule has 0 fully saturated rings. The van der Waals surface area contributed by atoms with Gasteiger partial charge in [-0.15, -0.1) is 0 Å². The predicted molar refractivity (Wildman–Crippen MR) is 89.9 cm³/mol. The molecule has 0 saturated heterocycles. The summed E-state index contributed by atoms with van der Waals surface area (Å²) in [7, 11) is 0. The SMILES string of the molecule is CC.CSc1ncc(Br)c(=O)n1Cc1ccc(Cl)cc1. The van der Waals surface area contributed by atoms with Gasteiger partial charge < -0.3 is 0 Å². The zero-order chi connectivity index (χ0) is 15.1. The van der Waals surface area contributed by atoms with Crippen molar-refractivity contribution in [2.24, 2.45) is 0 Å². The minimum absolute atomic E-state index is 0.0794. The first-order valence-electron chi connectivity index (χ1n) is 6.15. The van der Waals surface area contributed by atoms with Crippen LogP contribution in [0.4, 0.5) is 0 Å². The number of aromatic nitrogens is 2. The van der Waals surface area contributed by atoms with E-state index in [1.165, 1.54) is 18.0 Å². The highest BCUT2D eigenvalue weighted by atomic mass is 79.9. The van der Waals surface area contributed by atoms with Crippen molar-refractivity contribution in [2.45, 2.75) is 25.5 Å². The molecule has 0 bridgehead atoms. The zero-order valence-electron chi connectivity index (χ0n) is 11.6. The van der Waals surface area contributed by atoms with Crippen molar-refractivity contribution in [2.75, 3.05) is 6.26 Å². The Morgan fingerprint density at radius 1 is 1.30 bits per heavy atom. The highest BCUT2D eigenvalue weighted by molar-refractivity contribution is 9.10. The number of rotatable bonds is 3. The van der Waals surface area contributed by atoms with Gasteiger partial charge in [0.2, 0.25) is 0 Å². The molecule has 20 heavy (non-hydrogen) atoms. The van der Waals surface area contributed by atoms with Crippen LogP contribution in [0.3, 0.4) is 0 Å². The largest absolute Gasteiger partial charge is 0.282 e. The van der Waals surface area contributed by atoms with E-state index in [9.17, 15) is 4.79 Å². The Bertz CT molecular complexity index is 614. The average Bonchev–Trinajstić information content (AvgIpc) is 2.48. The molecule has 2 rings (SSSR count). The van der Waals surface area contributed by atoms with Crippen LogP contribution >= 0.6 is 39.3 Å². The molecule has 6 heteroatoms. The molecule has 0 unspecified atom stereocenters. The van der Waals surface area contributed by atoms with E-state index in [1.54, 1.807) is 4.57 Å². The fourth-order valence-corrected chi connectivity index (χ4v) is 2.50. The molecule has 3 nitrogen and oxygen atoms in total. The molecule has 0 amide bonds. The van der Waals surface area contributed by atoms with Crippen LogP contribution in [0.5, 0.6) is 0 Å². The van der Waals surface area contributed by atoms with Crippen LogP contribution in [0.1, 0.15) is 19.4 Å². The quantitative estimate of drug-likeness (QED) is 0.587. The molecule has 1 aromatic carbocycles. The molecule has 0 saturated carbocycles. The Kier molecular flexibility index (Phi) is 7.34. The monoisotopic (exact) mass is 374 g/mol. The lowest BCUT2D eigenvalue weighted by Gasteiger charge is -2.10. The molecule has 0 radical (unpaired) electrons. The van der Waals surface area contributed by atoms with E-state index in [0.717, 1.165) is 5.56 Å². The fraction of sp³-hybridized carbons (Fsp3) is 0.286. The van der Waals surface area contributed by atoms with Gasteiger partial charge in [-0.2, -0.15) is 0 Å². The number of nitrogens with zero attached hydrogens (tertiary/aromatic N) is 2. The topological polar surface area (TPSA) is 34.9 Å². The van der Waals surface area contributed by atoms with Crippen LogP contribution in [0.25, 0.3) is 0 Å². The normalized spacial score (nSPS) is 9.85. The molecule has 0 N–H and O–H groups in total. The molecule has 0 aliphatic heterocycles. The van der Waals surface area contributed by atoms with E-state index in [4.69, 9.17) is 11.6 Å². The fourth-order valence-electron chi connectivity index (χ4n) is 1.53. The van der Waals surface area contributed by atoms with E-state index < -0.39 is 0 Å². The van der Waals surface area contributed by atoms with Gasteiger partial charge in [0.1, 0.15) is 4.47 Å². The van der Waals surface area contributed by atoms with Crippen molar-refractivity contribution in [3.8, 4) is 0 Å². The molecule has 0 aliphatic carbocycles. The van der Waals surface area contributed by atoms with E-state index in [-0.39, 0.29) is 5.56 Å². The van der Waals surface area contributed by atoms with E-state index in [1.807, 2.05) is 44.4 Å². The van der Waals surface area contributed by atoms with Gasteiger partial charge in [-0.05, 0) is 39.9 Å². The lowest BCUT2D eigenvalue weighted by molar-refractivity contribution is 0.641. The van der Waals surface area contributed by atoms with Crippen molar-refractivity contribution in [3.05, 3.63) is 55.9 Å². The van der Waals surface area contributed by atoms with Crippen LogP contribution < -0.4 is 5.56 Å². The van der Waals surface area contributed by atoms with Crippen molar-refractivity contribution >= 4 is 39.3 Å². The van der Waals surface area contributed by atoms with Gasteiger partial charge in [-0.25, -0.2) is 4.98 Å². The first-order chi connectivity index (χ1) is 9.61. The maximum absolute atomic E-state index is 12.1. The minimum Gasteiger partial charge on any atom is -0.282 e. The third-order valence-electron chi connectivity index (χ3n) is 2.41. The maximum atomic E-state index is 12.1. The van der Waals surface area contributed by atoms with Crippen LogP contribution in [-0.2, 0) is 6.54 Å². The summed E-state index contributed by atoms with van der Waals surface area (Å²) in [6.45, 7) is 4.48. The molecule has 1 heterocycles. The van der Waals surface area contributed by atoms with E-state index >= 15 is 0 Å². The van der Waals surface area contributed by atoms with Crippen molar-refractivity contribution in [3.63, 3.8) is 0 Å². The Morgan fingerprint density at radius 3 is 2.45 bits per heavy atom. The summed E-state index contributed by atoms with van der Waals surface area (Å²) < 4.78 is 2.10. The molecule has 0 aliphatic rings. The van der Waals surface area contributed by atoms with Gasteiger partial charge >= 0.3 is 0 Å². The lowest BCUT2D eigenvalue weighted by Crippen LogP contribution is -2.23. The van der Waals surface area contributed by atoms with Crippen LogP contribution in [0.2, 0.25) is 5.02 Å². The minimum atomic E-state index is -0.0794. The summed E-state index contributed by atoms with van der Waals surface area (Å²) in [4.78, 5) is 16.3.